The number of hydrogen-bond acceptors (Lipinski definition) is 4. The van der Waals surface area contributed by atoms with Gasteiger partial charge in [-0.2, -0.15) is 13.2 Å². The molecule has 128 valence electrons. The molecule has 1 aromatic rings. The highest BCUT2D eigenvalue weighted by Gasteiger charge is 2.43. The van der Waals surface area contributed by atoms with Crippen molar-refractivity contribution in [2.75, 3.05) is 36.5 Å². The highest BCUT2D eigenvalue weighted by atomic mass is 19.4. The standard InChI is InChI=1S/C15H15F3N4O2/c1-3-12(23)21-4-5-22-11(8-21)14(24)20(2)10-6-9(15(16,17)18)7-19-13(10)22/h3,6-7,11H,1,4-5,8H2,2H3/t11-/m0/s1. The number of halogens is 3. The molecule has 0 radical (unpaired) electrons. The van der Waals surface area contributed by atoms with Crippen molar-refractivity contribution in [2.45, 2.75) is 12.2 Å². The minimum atomic E-state index is -4.53. The number of nitrogens with zero attached hydrogens (tertiary/aromatic N) is 4. The molecule has 1 aromatic heterocycles. The summed E-state index contributed by atoms with van der Waals surface area (Å²) < 4.78 is 38.7. The van der Waals surface area contributed by atoms with Crippen LogP contribution in [0.5, 0.6) is 0 Å². The fraction of sp³-hybridized carbons (Fsp3) is 0.400. The molecular weight excluding hydrogens is 325 g/mol. The minimum absolute atomic E-state index is 0.120. The molecule has 2 aliphatic heterocycles. The Balaban J connectivity index is 1.98. The van der Waals surface area contributed by atoms with Gasteiger partial charge in [0.2, 0.25) is 5.91 Å². The summed E-state index contributed by atoms with van der Waals surface area (Å²) in [6.45, 7) is 4.23. The van der Waals surface area contributed by atoms with Crippen LogP contribution in [0.3, 0.4) is 0 Å². The van der Waals surface area contributed by atoms with E-state index < -0.39 is 17.8 Å². The Kier molecular flexibility index (Phi) is 3.73. The van der Waals surface area contributed by atoms with Crippen LogP contribution >= 0.6 is 0 Å². The summed E-state index contributed by atoms with van der Waals surface area (Å²) in [4.78, 5) is 32.6. The van der Waals surface area contributed by atoms with E-state index in [0.717, 1.165) is 12.3 Å². The molecule has 24 heavy (non-hydrogen) atoms. The molecule has 0 aliphatic carbocycles. The fourth-order valence-corrected chi connectivity index (χ4v) is 2.99. The highest BCUT2D eigenvalue weighted by molar-refractivity contribution is 6.05. The van der Waals surface area contributed by atoms with E-state index in [1.165, 1.54) is 22.9 Å². The summed E-state index contributed by atoms with van der Waals surface area (Å²) in [6, 6.07) is 0.266. The number of fused-ring (bicyclic) bond motifs is 3. The predicted octanol–water partition coefficient (Wildman–Crippen LogP) is 1.28. The van der Waals surface area contributed by atoms with Gasteiger partial charge in [-0.05, 0) is 12.1 Å². The van der Waals surface area contributed by atoms with Crippen LogP contribution < -0.4 is 9.80 Å². The van der Waals surface area contributed by atoms with E-state index in [4.69, 9.17) is 0 Å². The van der Waals surface area contributed by atoms with Gasteiger partial charge < -0.3 is 14.7 Å². The molecule has 9 heteroatoms. The molecule has 0 spiro atoms. The maximum absolute atomic E-state index is 12.9. The smallest absolute Gasteiger partial charge is 0.339 e. The monoisotopic (exact) mass is 340 g/mol. The molecule has 1 fully saturated rings. The number of rotatable bonds is 1. The molecule has 2 aliphatic rings. The number of hydrogen-bond donors (Lipinski definition) is 0. The maximum Gasteiger partial charge on any atom is 0.417 e. The Morgan fingerprint density at radius 2 is 2.12 bits per heavy atom. The Bertz CT molecular complexity index is 719. The molecule has 0 saturated carbocycles. The third kappa shape index (κ3) is 2.49. The van der Waals surface area contributed by atoms with E-state index in [0.29, 0.717) is 18.9 Å². The van der Waals surface area contributed by atoms with Crippen LogP contribution in [0.4, 0.5) is 24.7 Å². The van der Waals surface area contributed by atoms with E-state index in [9.17, 15) is 22.8 Å². The van der Waals surface area contributed by atoms with Crippen LogP contribution in [0.1, 0.15) is 5.56 Å². The zero-order valence-electron chi connectivity index (χ0n) is 12.9. The van der Waals surface area contributed by atoms with Gasteiger partial charge in [0.1, 0.15) is 6.04 Å². The van der Waals surface area contributed by atoms with E-state index in [2.05, 4.69) is 11.6 Å². The Labute approximate surface area is 136 Å². The average molecular weight is 340 g/mol. The molecule has 3 heterocycles. The summed E-state index contributed by atoms with van der Waals surface area (Å²) in [5.74, 6) is -0.331. The van der Waals surface area contributed by atoms with Gasteiger partial charge in [-0.1, -0.05) is 6.58 Å². The first kappa shape index (κ1) is 16.3. The quantitative estimate of drug-likeness (QED) is 0.723. The maximum atomic E-state index is 12.9. The minimum Gasteiger partial charge on any atom is -0.339 e. The summed E-state index contributed by atoms with van der Waals surface area (Å²) in [7, 11) is 1.41. The lowest BCUT2D eigenvalue weighted by molar-refractivity contribution is -0.138. The van der Waals surface area contributed by atoms with Crippen LogP contribution in [0.15, 0.2) is 24.9 Å². The van der Waals surface area contributed by atoms with Gasteiger partial charge in [-0.3, -0.25) is 9.59 Å². The topological polar surface area (TPSA) is 56.8 Å². The summed E-state index contributed by atoms with van der Waals surface area (Å²) >= 11 is 0. The number of amides is 2. The average Bonchev–Trinajstić information content (AvgIpc) is 2.57. The fourth-order valence-electron chi connectivity index (χ4n) is 2.99. The zero-order chi connectivity index (χ0) is 17.6. The third-order valence-electron chi connectivity index (χ3n) is 4.29. The SMILES string of the molecule is C=CC(=O)N1CCN2c3ncc(C(F)(F)F)cc3N(C)C(=O)[C@@H]2C1. The molecule has 3 rings (SSSR count). The van der Waals surface area contributed by atoms with Crippen molar-refractivity contribution in [3.63, 3.8) is 0 Å². The highest BCUT2D eigenvalue weighted by Crippen LogP contribution is 2.39. The zero-order valence-corrected chi connectivity index (χ0v) is 12.9. The predicted molar refractivity (Wildman–Crippen MR) is 80.6 cm³/mol. The Morgan fingerprint density at radius 1 is 1.42 bits per heavy atom. The molecule has 1 saturated heterocycles. The molecular formula is C15H15F3N4O2. The van der Waals surface area contributed by atoms with E-state index in [1.54, 1.807) is 4.90 Å². The molecule has 2 amide bonds. The van der Waals surface area contributed by atoms with Crippen LogP contribution in [-0.2, 0) is 15.8 Å². The second-order valence-corrected chi connectivity index (χ2v) is 5.66. The number of carbonyl (C=O) groups is 2. The van der Waals surface area contributed by atoms with E-state index in [-0.39, 0.29) is 24.0 Å². The number of alkyl halides is 3. The number of piperazine rings is 1. The molecule has 0 unspecified atom stereocenters. The molecule has 1 atom stereocenters. The van der Waals surface area contributed by atoms with Gasteiger partial charge in [0, 0.05) is 26.3 Å². The first-order valence-electron chi connectivity index (χ1n) is 7.27. The summed E-state index contributed by atoms with van der Waals surface area (Å²) in [6.07, 6.45) is -2.59. The van der Waals surface area contributed by atoms with Crippen LogP contribution in [-0.4, -0.2) is 54.4 Å². The van der Waals surface area contributed by atoms with Crippen molar-refractivity contribution < 1.29 is 22.8 Å². The van der Waals surface area contributed by atoms with Gasteiger partial charge in [0.25, 0.3) is 5.91 Å². The van der Waals surface area contributed by atoms with Crippen LogP contribution in [0, 0.1) is 0 Å². The van der Waals surface area contributed by atoms with Crippen molar-refractivity contribution in [1.29, 1.82) is 0 Å². The summed E-state index contributed by atoms with van der Waals surface area (Å²) in [5.41, 5.74) is -0.783. The number of pyridine rings is 1. The van der Waals surface area contributed by atoms with Gasteiger partial charge in [-0.15, -0.1) is 0 Å². The van der Waals surface area contributed by atoms with Gasteiger partial charge in [0.05, 0.1) is 17.8 Å². The number of carbonyl (C=O) groups excluding carboxylic acids is 2. The van der Waals surface area contributed by atoms with Crippen LogP contribution in [0.2, 0.25) is 0 Å². The van der Waals surface area contributed by atoms with Gasteiger partial charge in [-0.25, -0.2) is 4.98 Å². The Morgan fingerprint density at radius 3 is 2.75 bits per heavy atom. The lowest BCUT2D eigenvalue weighted by atomic mass is 10.0. The lowest BCUT2D eigenvalue weighted by Crippen LogP contribution is -2.63. The van der Waals surface area contributed by atoms with Crippen LogP contribution in [0.25, 0.3) is 0 Å². The number of aromatic nitrogens is 1. The van der Waals surface area contributed by atoms with Crippen molar-refractivity contribution >= 4 is 23.3 Å². The normalized spacial score (nSPS) is 20.6. The Hall–Kier alpha value is -2.58. The second kappa shape index (κ2) is 5.50. The van der Waals surface area contributed by atoms with Crippen molar-refractivity contribution in [3.8, 4) is 0 Å². The first-order chi connectivity index (χ1) is 11.2. The largest absolute Gasteiger partial charge is 0.417 e. The second-order valence-electron chi connectivity index (χ2n) is 5.66. The van der Waals surface area contributed by atoms with Crippen molar-refractivity contribution in [2.24, 2.45) is 0 Å². The van der Waals surface area contributed by atoms with E-state index in [1.807, 2.05) is 0 Å². The number of likely N-dealkylation sites (N-methyl/N-ethyl adjacent to an activating group) is 1. The first-order valence-corrected chi connectivity index (χ1v) is 7.27. The third-order valence-corrected chi connectivity index (χ3v) is 4.29. The van der Waals surface area contributed by atoms with Crippen molar-refractivity contribution in [3.05, 3.63) is 30.5 Å². The van der Waals surface area contributed by atoms with Crippen molar-refractivity contribution in [1.82, 2.24) is 9.88 Å². The molecule has 6 nitrogen and oxygen atoms in total. The van der Waals surface area contributed by atoms with Gasteiger partial charge >= 0.3 is 6.18 Å². The molecule has 0 aromatic carbocycles. The number of anilines is 2. The summed E-state index contributed by atoms with van der Waals surface area (Å²) in [5, 5.41) is 0. The molecule has 0 bridgehead atoms. The molecule has 0 N–H and O–H groups in total. The van der Waals surface area contributed by atoms with E-state index >= 15 is 0 Å². The van der Waals surface area contributed by atoms with Gasteiger partial charge in [0.15, 0.2) is 5.82 Å². The lowest BCUT2D eigenvalue weighted by Gasteiger charge is -2.46.